The summed E-state index contributed by atoms with van der Waals surface area (Å²) in [4.78, 5) is 12.5. The second kappa shape index (κ2) is 8.72. The quantitative estimate of drug-likeness (QED) is 0.768. The minimum absolute atomic E-state index is 0.259. The first-order valence-corrected chi connectivity index (χ1v) is 9.27. The average molecular weight is 355 g/mol. The predicted molar refractivity (Wildman–Crippen MR) is 97.3 cm³/mol. The molecule has 1 N–H and O–H groups in total. The van der Waals surface area contributed by atoms with Crippen LogP contribution < -0.4 is 5.32 Å². The fourth-order valence-corrected chi connectivity index (χ4v) is 3.40. The Bertz CT molecular complexity index is 765. The number of rotatable bonds is 7. The molecular formula is C20H25N3O3. The van der Waals surface area contributed by atoms with Crippen molar-refractivity contribution in [1.82, 2.24) is 9.88 Å². The number of furan rings is 1. The van der Waals surface area contributed by atoms with E-state index in [4.69, 9.17) is 9.15 Å². The number of ether oxygens (including phenoxy) is 1. The largest absolute Gasteiger partial charge is 0.443 e. The monoisotopic (exact) mass is 355 g/mol. The number of amides is 1. The summed E-state index contributed by atoms with van der Waals surface area (Å²) in [7, 11) is 0. The molecule has 1 fully saturated rings. The second-order valence-corrected chi connectivity index (χ2v) is 6.66. The zero-order valence-corrected chi connectivity index (χ0v) is 15.2. The highest BCUT2D eigenvalue weighted by atomic mass is 16.5. The van der Waals surface area contributed by atoms with E-state index >= 15 is 0 Å². The number of carbonyl (C=O) groups is 1. The first kappa shape index (κ1) is 18.3. The van der Waals surface area contributed by atoms with Gasteiger partial charge in [0.25, 0.3) is 5.91 Å². The van der Waals surface area contributed by atoms with E-state index in [9.17, 15) is 10.1 Å². The number of nitrogens with one attached hydrogen (secondary N) is 1. The van der Waals surface area contributed by atoms with Crippen molar-refractivity contribution in [1.29, 1.82) is 5.26 Å². The zero-order chi connectivity index (χ0) is 18.4. The van der Waals surface area contributed by atoms with Crippen LogP contribution in [-0.2, 0) is 4.74 Å². The first-order chi connectivity index (χ1) is 12.7. The maximum atomic E-state index is 12.5. The Morgan fingerprint density at radius 3 is 2.77 bits per heavy atom. The van der Waals surface area contributed by atoms with Gasteiger partial charge in [-0.05, 0) is 38.3 Å². The summed E-state index contributed by atoms with van der Waals surface area (Å²) in [6.07, 6.45) is 10.8. The topological polar surface area (TPSA) is 80.2 Å². The van der Waals surface area contributed by atoms with Crippen molar-refractivity contribution in [3.8, 4) is 12.0 Å². The van der Waals surface area contributed by atoms with Crippen LogP contribution in [0.1, 0.15) is 60.2 Å². The molecule has 1 aliphatic rings. The van der Waals surface area contributed by atoms with Gasteiger partial charge in [0.05, 0.1) is 6.10 Å². The Morgan fingerprint density at radius 1 is 1.35 bits per heavy atom. The molecule has 2 heterocycles. The van der Waals surface area contributed by atoms with Crippen LogP contribution in [0.15, 0.2) is 28.9 Å². The first-order valence-electron chi connectivity index (χ1n) is 9.27. The number of aryl methyl sites for hydroxylation is 1. The molecule has 0 spiro atoms. The lowest BCUT2D eigenvalue weighted by molar-refractivity contribution is 0.0273. The third kappa shape index (κ3) is 4.17. The van der Waals surface area contributed by atoms with E-state index < -0.39 is 0 Å². The molecule has 1 saturated carbocycles. The molecule has 3 rings (SSSR count). The number of carbonyl (C=O) groups excluding carboxylic acids is 1. The molecule has 0 saturated heterocycles. The van der Waals surface area contributed by atoms with Gasteiger partial charge in [-0.2, -0.15) is 5.26 Å². The van der Waals surface area contributed by atoms with Crippen LogP contribution in [0.5, 0.6) is 0 Å². The predicted octanol–water partition coefficient (Wildman–Crippen LogP) is 3.72. The molecule has 26 heavy (non-hydrogen) atoms. The molecule has 2 aromatic heterocycles. The Hall–Kier alpha value is -2.52. The summed E-state index contributed by atoms with van der Waals surface area (Å²) >= 11 is 0. The summed E-state index contributed by atoms with van der Waals surface area (Å²) < 4.78 is 13.2. The van der Waals surface area contributed by atoms with E-state index in [1.807, 2.05) is 12.1 Å². The van der Waals surface area contributed by atoms with Crippen LogP contribution in [0.2, 0.25) is 0 Å². The van der Waals surface area contributed by atoms with Gasteiger partial charge in [-0.3, -0.25) is 9.36 Å². The molecule has 1 amide bonds. The van der Waals surface area contributed by atoms with E-state index in [-0.39, 0.29) is 11.5 Å². The van der Waals surface area contributed by atoms with Crippen molar-refractivity contribution in [3.05, 3.63) is 41.4 Å². The van der Waals surface area contributed by atoms with E-state index in [2.05, 4.69) is 11.4 Å². The van der Waals surface area contributed by atoms with E-state index in [0.717, 1.165) is 19.3 Å². The second-order valence-electron chi connectivity index (χ2n) is 6.66. The van der Waals surface area contributed by atoms with Gasteiger partial charge in [0.2, 0.25) is 5.88 Å². The normalized spacial score (nSPS) is 14.9. The molecule has 0 aliphatic heterocycles. The van der Waals surface area contributed by atoms with E-state index in [0.29, 0.717) is 36.5 Å². The molecule has 0 unspecified atom stereocenters. The summed E-state index contributed by atoms with van der Waals surface area (Å²) in [5.41, 5.74) is 0.569. The SMILES string of the molecule is Cc1oc(-n2cccc2)c(C#N)c1C(=O)NCCCOC1CCCCC1. The minimum Gasteiger partial charge on any atom is -0.443 e. The fourth-order valence-electron chi connectivity index (χ4n) is 3.40. The number of nitriles is 1. The minimum atomic E-state index is -0.279. The lowest BCUT2D eigenvalue weighted by Gasteiger charge is -2.21. The van der Waals surface area contributed by atoms with Gasteiger partial charge in [-0.1, -0.05) is 19.3 Å². The fraction of sp³-hybridized carbons (Fsp3) is 0.500. The molecule has 6 nitrogen and oxygen atoms in total. The van der Waals surface area contributed by atoms with E-state index in [1.165, 1.54) is 19.3 Å². The summed E-state index contributed by atoms with van der Waals surface area (Å²) in [6.45, 7) is 2.86. The summed E-state index contributed by atoms with van der Waals surface area (Å²) in [5, 5.41) is 12.4. The van der Waals surface area contributed by atoms with Crippen LogP contribution in [-0.4, -0.2) is 29.7 Å². The number of aromatic nitrogens is 1. The van der Waals surface area contributed by atoms with Gasteiger partial charge < -0.3 is 14.5 Å². The van der Waals surface area contributed by atoms with Gasteiger partial charge >= 0.3 is 0 Å². The average Bonchev–Trinajstić information content (AvgIpc) is 3.29. The molecule has 0 radical (unpaired) electrons. The number of hydrogen-bond donors (Lipinski definition) is 1. The van der Waals surface area contributed by atoms with Crippen LogP contribution in [0.3, 0.4) is 0 Å². The van der Waals surface area contributed by atoms with Crippen molar-refractivity contribution < 1.29 is 13.9 Å². The zero-order valence-electron chi connectivity index (χ0n) is 15.2. The van der Waals surface area contributed by atoms with Crippen LogP contribution in [0, 0.1) is 18.3 Å². The third-order valence-corrected chi connectivity index (χ3v) is 4.76. The molecule has 6 heteroatoms. The van der Waals surface area contributed by atoms with E-state index in [1.54, 1.807) is 23.9 Å². The highest BCUT2D eigenvalue weighted by molar-refractivity contribution is 5.98. The van der Waals surface area contributed by atoms with Gasteiger partial charge in [-0.25, -0.2) is 0 Å². The van der Waals surface area contributed by atoms with Crippen LogP contribution in [0.25, 0.3) is 5.88 Å². The Morgan fingerprint density at radius 2 is 2.08 bits per heavy atom. The van der Waals surface area contributed by atoms with Crippen molar-refractivity contribution in [2.75, 3.05) is 13.2 Å². The van der Waals surface area contributed by atoms with Crippen LogP contribution in [0.4, 0.5) is 0 Å². The highest BCUT2D eigenvalue weighted by Crippen LogP contribution is 2.25. The maximum Gasteiger partial charge on any atom is 0.256 e. The van der Waals surface area contributed by atoms with Crippen molar-refractivity contribution in [3.63, 3.8) is 0 Å². The molecule has 0 atom stereocenters. The standard InChI is InChI=1S/C20H25N3O3/c1-15-18(17(14-21)20(26-15)23-11-5-6-12-23)19(24)22-10-7-13-25-16-8-3-2-4-9-16/h5-6,11-12,16H,2-4,7-10,13H2,1H3,(H,22,24). The molecule has 2 aromatic rings. The third-order valence-electron chi connectivity index (χ3n) is 4.76. The summed E-state index contributed by atoms with van der Waals surface area (Å²) in [5.74, 6) is 0.542. The van der Waals surface area contributed by atoms with Gasteiger partial charge in [0.15, 0.2) is 0 Å². The van der Waals surface area contributed by atoms with Crippen molar-refractivity contribution >= 4 is 5.91 Å². The summed E-state index contributed by atoms with van der Waals surface area (Å²) in [6, 6.07) is 5.78. The maximum absolute atomic E-state index is 12.5. The molecule has 0 bridgehead atoms. The number of nitrogens with zero attached hydrogens (tertiary/aromatic N) is 2. The lowest BCUT2D eigenvalue weighted by Crippen LogP contribution is -2.27. The Kier molecular flexibility index (Phi) is 6.13. The van der Waals surface area contributed by atoms with Crippen molar-refractivity contribution in [2.24, 2.45) is 0 Å². The highest BCUT2D eigenvalue weighted by Gasteiger charge is 2.24. The van der Waals surface area contributed by atoms with Crippen molar-refractivity contribution in [2.45, 2.75) is 51.6 Å². The lowest BCUT2D eigenvalue weighted by atomic mass is 9.98. The molecule has 138 valence electrons. The van der Waals surface area contributed by atoms with Crippen LogP contribution >= 0.6 is 0 Å². The Balaban J connectivity index is 1.54. The molecule has 1 aliphatic carbocycles. The molecule has 0 aromatic carbocycles. The smallest absolute Gasteiger partial charge is 0.256 e. The van der Waals surface area contributed by atoms with Gasteiger partial charge in [0, 0.05) is 25.5 Å². The Labute approximate surface area is 153 Å². The van der Waals surface area contributed by atoms with Gasteiger partial charge in [0.1, 0.15) is 23.0 Å². The number of hydrogen-bond acceptors (Lipinski definition) is 4. The molecular weight excluding hydrogens is 330 g/mol. The van der Waals surface area contributed by atoms with Gasteiger partial charge in [-0.15, -0.1) is 0 Å².